The largest absolute Gasteiger partial charge is 0.475 e. The Balaban J connectivity index is 2.39. The van der Waals surface area contributed by atoms with E-state index in [9.17, 15) is 9.59 Å². The number of hydrogen-bond donors (Lipinski definition) is 1. The van der Waals surface area contributed by atoms with Crippen LogP contribution in [-0.2, 0) is 0 Å². The molecule has 1 heterocycles. The first kappa shape index (κ1) is 12.2. The van der Waals surface area contributed by atoms with E-state index in [1.807, 2.05) is 30.3 Å². The Morgan fingerprint density at radius 3 is 2.45 bits per heavy atom. The van der Waals surface area contributed by atoms with E-state index in [4.69, 9.17) is 9.52 Å². The molecule has 0 saturated carbocycles. The van der Waals surface area contributed by atoms with Crippen LogP contribution in [0.2, 0.25) is 0 Å². The monoisotopic (exact) mass is 266 g/mol. The topological polar surface area (TPSA) is 67.5 Å². The van der Waals surface area contributed by atoms with Crippen molar-refractivity contribution in [2.24, 2.45) is 0 Å². The maximum atomic E-state index is 12.0. The van der Waals surface area contributed by atoms with Gasteiger partial charge in [0.1, 0.15) is 5.58 Å². The van der Waals surface area contributed by atoms with Gasteiger partial charge in [-0.15, -0.1) is 0 Å². The molecule has 0 fully saturated rings. The zero-order valence-electron chi connectivity index (χ0n) is 10.4. The van der Waals surface area contributed by atoms with Crippen LogP contribution in [0.1, 0.15) is 10.6 Å². The minimum absolute atomic E-state index is 0.295. The smallest absolute Gasteiger partial charge is 0.371 e. The molecular weight excluding hydrogens is 256 g/mol. The van der Waals surface area contributed by atoms with Crippen molar-refractivity contribution in [1.82, 2.24) is 0 Å². The molecule has 0 saturated heterocycles. The Kier molecular flexibility index (Phi) is 2.84. The minimum atomic E-state index is -1.26. The summed E-state index contributed by atoms with van der Waals surface area (Å²) in [6, 6.07) is 15.5. The first-order valence-electron chi connectivity index (χ1n) is 6.02. The number of hydrogen-bond acceptors (Lipinski definition) is 3. The zero-order valence-corrected chi connectivity index (χ0v) is 10.4. The second-order valence-corrected chi connectivity index (χ2v) is 4.33. The molecule has 20 heavy (non-hydrogen) atoms. The summed E-state index contributed by atoms with van der Waals surface area (Å²) in [6.45, 7) is 0. The number of rotatable bonds is 2. The van der Waals surface area contributed by atoms with E-state index in [0.717, 1.165) is 11.6 Å². The van der Waals surface area contributed by atoms with Gasteiger partial charge in [0.05, 0.1) is 5.39 Å². The average Bonchev–Trinajstić information content (AvgIpc) is 2.47. The Morgan fingerprint density at radius 2 is 1.75 bits per heavy atom. The van der Waals surface area contributed by atoms with Gasteiger partial charge in [-0.1, -0.05) is 42.5 Å². The van der Waals surface area contributed by atoms with Gasteiger partial charge in [-0.2, -0.15) is 0 Å². The normalized spacial score (nSPS) is 10.6. The first-order chi connectivity index (χ1) is 9.66. The van der Waals surface area contributed by atoms with Crippen molar-refractivity contribution in [3.05, 3.63) is 70.6 Å². The predicted molar refractivity (Wildman–Crippen MR) is 74.9 cm³/mol. The van der Waals surface area contributed by atoms with E-state index in [2.05, 4.69) is 0 Å². The molecule has 1 N–H and O–H groups in total. The SMILES string of the molecule is O=C(O)c1cc(=O)c2cccc(-c3ccccc3)c2o1. The van der Waals surface area contributed by atoms with E-state index in [-0.39, 0.29) is 11.2 Å². The Labute approximate surface area is 113 Å². The van der Waals surface area contributed by atoms with Crippen molar-refractivity contribution < 1.29 is 14.3 Å². The zero-order chi connectivity index (χ0) is 14.1. The molecular formula is C16H10O4. The molecule has 2 aromatic carbocycles. The van der Waals surface area contributed by atoms with Crippen LogP contribution in [0.3, 0.4) is 0 Å². The summed E-state index contributed by atoms with van der Waals surface area (Å²) in [6.07, 6.45) is 0. The number of carbonyl (C=O) groups is 1. The number of benzene rings is 2. The third kappa shape index (κ3) is 1.97. The van der Waals surface area contributed by atoms with Gasteiger partial charge >= 0.3 is 5.97 Å². The van der Waals surface area contributed by atoms with Crippen molar-refractivity contribution in [3.63, 3.8) is 0 Å². The lowest BCUT2D eigenvalue weighted by molar-refractivity contribution is 0.0663. The highest BCUT2D eigenvalue weighted by Crippen LogP contribution is 2.27. The van der Waals surface area contributed by atoms with Gasteiger partial charge < -0.3 is 9.52 Å². The highest BCUT2D eigenvalue weighted by atomic mass is 16.4. The fourth-order valence-corrected chi connectivity index (χ4v) is 2.13. The van der Waals surface area contributed by atoms with Gasteiger partial charge in [0, 0.05) is 11.6 Å². The van der Waals surface area contributed by atoms with Crippen molar-refractivity contribution in [2.45, 2.75) is 0 Å². The lowest BCUT2D eigenvalue weighted by Crippen LogP contribution is -2.06. The van der Waals surface area contributed by atoms with E-state index >= 15 is 0 Å². The molecule has 0 amide bonds. The van der Waals surface area contributed by atoms with Gasteiger partial charge in [-0.25, -0.2) is 4.79 Å². The van der Waals surface area contributed by atoms with Crippen LogP contribution in [0, 0.1) is 0 Å². The second-order valence-electron chi connectivity index (χ2n) is 4.33. The van der Waals surface area contributed by atoms with Gasteiger partial charge in [-0.05, 0) is 11.6 Å². The molecule has 4 nitrogen and oxygen atoms in total. The molecule has 98 valence electrons. The number of aromatic carboxylic acids is 1. The fourth-order valence-electron chi connectivity index (χ4n) is 2.13. The minimum Gasteiger partial charge on any atom is -0.475 e. The van der Waals surface area contributed by atoms with E-state index in [1.54, 1.807) is 18.2 Å². The van der Waals surface area contributed by atoms with Crippen molar-refractivity contribution in [1.29, 1.82) is 0 Å². The predicted octanol–water partition coefficient (Wildman–Crippen LogP) is 3.16. The maximum Gasteiger partial charge on any atom is 0.371 e. The van der Waals surface area contributed by atoms with E-state index in [0.29, 0.717) is 16.5 Å². The summed E-state index contributed by atoms with van der Waals surface area (Å²) in [5.74, 6) is -1.61. The maximum absolute atomic E-state index is 12.0. The molecule has 0 bridgehead atoms. The molecule has 0 radical (unpaired) electrons. The van der Waals surface area contributed by atoms with Gasteiger partial charge in [0.25, 0.3) is 0 Å². The van der Waals surface area contributed by atoms with Crippen molar-refractivity contribution in [3.8, 4) is 11.1 Å². The molecule has 0 aliphatic rings. The highest BCUT2D eigenvalue weighted by molar-refractivity contribution is 5.94. The number of fused-ring (bicyclic) bond motifs is 1. The third-order valence-corrected chi connectivity index (χ3v) is 3.05. The van der Waals surface area contributed by atoms with E-state index in [1.165, 1.54) is 0 Å². The number of para-hydroxylation sites is 1. The number of carboxylic acid groups (broad SMARTS) is 1. The molecule has 0 atom stereocenters. The highest BCUT2D eigenvalue weighted by Gasteiger charge is 2.13. The summed E-state index contributed by atoms with van der Waals surface area (Å²) in [5, 5.41) is 9.37. The van der Waals surface area contributed by atoms with Crippen LogP contribution in [-0.4, -0.2) is 11.1 Å². The molecule has 4 heteroatoms. The third-order valence-electron chi connectivity index (χ3n) is 3.05. The van der Waals surface area contributed by atoms with Gasteiger partial charge in [0.15, 0.2) is 5.43 Å². The van der Waals surface area contributed by atoms with Gasteiger partial charge in [0.2, 0.25) is 5.76 Å². The lowest BCUT2D eigenvalue weighted by atomic mass is 10.0. The van der Waals surface area contributed by atoms with Crippen LogP contribution in [0.25, 0.3) is 22.1 Å². The Bertz CT molecular complexity index is 847. The van der Waals surface area contributed by atoms with Crippen molar-refractivity contribution in [2.75, 3.05) is 0 Å². The summed E-state index contributed by atoms with van der Waals surface area (Å²) >= 11 is 0. The molecule has 0 unspecified atom stereocenters. The van der Waals surface area contributed by atoms with Gasteiger partial charge in [-0.3, -0.25) is 4.79 Å². The fraction of sp³-hybridized carbons (Fsp3) is 0. The quantitative estimate of drug-likeness (QED) is 0.773. The summed E-state index contributed by atoms with van der Waals surface area (Å²) < 4.78 is 5.39. The average molecular weight is 266 g/mol. The summed E-state index contributed by atoms with van der Waals surface area (Å²) in [5.41, 5.74) is 1.50. The lowest BCUT2D eigenvalue weighted by Gasteiger charge is -2.06. The molecule has 0 aliphatic heterocycles. The van der Waals surface area contributed by atoms with Crippen LogP contribution in [0.5, 0.6) is 0 Å². The van der Waals surface area contributed by atoms with Crippen LogP contribution >= 0.6 is 0 Å². The summed E-state index contributed by atoms with van der Waals surface area (Å²) in [4.78, 5) is 23.0. The standard InChI is InChI=1S/C16H10O4/c17-13-9-14(16(18)19)20-15-11(7-4-8-12(13)15)10-5-2-1-3-6-10/h1-9H,(H,18,19). The van der Waals surface area contributed by atoms with Crippen LogP contribution in [0.4, 0.5) is 0 Å². The molecule has 0 aliphatic carbocycles. The summed E-state index contributed by atoms with van der Waals surface area (Å²) in [7, 11) is 0. The molecule has 3 aromatic rings. The van der Waals surface area contributed by atoms with Crippen LogP contribution < -0.4 is 5.43 Å². The molecule has 3 rings (SSSR count). The Hall–Kier alpha value is -2.88. The van der Waals surface area contributed by atoms with Crippen LogP contribution in [0.15, 0.2) is 63.8 Å². The second kappa shape index (κ2) is 4.66. The van der Waals surface area contributed by atoms with Crippen molar-refractivity contribution >= 4 is 16.9 Å². The first-order valence-corrected chi connectivity index (χ1v) is 6.02. The molecule has 1 aromatic heterocycles. The number of carboxylic acids is 1. The van der Waals surface area contributed by atoms with E-state index < -0.39 is 5.97 Å². The Morgan fingerprint density at radius 1 is 1.00 bits per heavy atom. The molecule has 0 spiro atoms.